The van der Waals surface area contributed by atoms with Gasteiger partial charge in [0.2, 0.25) is 0 Å². The number of halogens is 7. The Morgan fingerprint density at radius 2 is 1.50 bits per heavy atom. The molecule has 0 heterocycles. The zero-order valence-corrected chi connectivity index (χ0v) is 11.0. The molecule has 0 saturated heterocycles. The van der Waals surface area contributed by atoms with Crippen molar-refractivity contribution < 1.29 is 58.2 Å². The highest BCUT2D eigenvalue weighted by Gasteiger charge is 2.47. The molecule has 122 valence electrons. The maximum absolute atomic E-state index is 12.1. The first kappa shape index (κ1) is 19.7. The van der Waals surface area contributed by atoms with E-state index in [-0.39, 0.29) is 1.43 Å². The Bertz CT molecular complexity index is 524. The molecular weight excluding hydrogens is 373 g/mol. The first-order valence-electron chi connectivity index (χ1n) is 3.71. The van der Waals surface area contributed by atoms with Crippen molar-refractivity contribution in [3.63, 3.8) is 0 Å². The van der Waals surface area contributed by atoms with E-state index in [1.54, 1.807) is 0 Å². The lowest BCUT2D eigenvalue weighted by atomic mass is 11.4. The van der Waals surface area contributed by atoms with E-state index in [4.69, 9.17) is 0 Å². The van der Waals surface area contributed by atoms with Crippen molar-refractivity contribution in [2.75, 3.05) is 6.01 Å². The topological polar surface area (TPSA) is 86.7 Å². The summed E-state index contributed by atoms with van der Waals surface area (Å²) in [6.45, 7) is 0. The van der Waals surface area contributed by atoms with Crippen molar-refractivity contribution in [3.05, 3.63) is 3.91 Å². The monoisotopic (exact) mass is 376 g/mol. The Hall–Kier alpha value is -0.320. The van der Waals surface area contributed by atoms with E-state index < -0.39 is 53.5 Å². The van der Waals surface area contributed by atoms with Gasteiger partial charge in [-0.1, -0.05) is 0 Å². The summed E-state index contributed by atoms with van der Waals surface area (Å²) in [4.78, 5) is 2.43. The third-order valence-corrected chi connectivity index (χ3v) is 6.52. The number of hydrogen-bond acceptors (Lipinski definition) is 7. The summed E-state index contributed by atoms with van der Waals surface area (Å²) < 4.78 is 126. The van der Waals surface area contributed by atoms with Crippen LogP contribution in [0.1, 0.15) is 1.43 Å². The molecule has 16 heteroatoms. The summed E-state index contributed by atoms with van der Waals surface area (Å²) in [7, 11) is -12.3. The fourth-order valence-electron chi connectivity index (χ4n) is 0.486. The van der Waals surface area contributed by atoms with Gasteiger partial charge in [-0.15, -0.1) is 30.1 Å². The van der Waals surface area contributed by atoms with Crippen LogP contribution >= 0.6 is 12.0 Å². The average Bonchev–Trinajstić information content (AvgIpc) is 2.20. The lowest BCUT2D eigenvalue weighted by Gasteiger charge is -2.27. The molecule has 0 atom stereocenters. The van der Waals surface area contributed by atoms with Crippen molar-refractivity contribution >= 4 is 31.7 Å². The van der Waals surface area contributed by atoms with Gasteiger partial charge in [0.1, 0.15) is 9.84 Å². The molecule has 0 radical (unpaired) electrons. The Morgan fingerprint density at radius 3 is 1.80 bits per heavy atom. The number of sulfone groups is 2. The van der Waals surface area contributed by atoms with Gasteiger partial charge < -0.3 is 0 Å². The van der Waals surface area contributed by atoms with Gasteiger partial charge in [0, 0.05) is 3.91 Å². The van der Waals surface area contributed by atoms with Crippen LogP contribution in [-0.4, -0.2) is 34.7 Å². The van der Waals surface area contributed by atoms with E-state index in [1.165, 1.54) is 0 Å². The van der Waals surface area contributed by atoms with Crippen LogP contribution in [0.4, 0.5) is 30.7 Å². The predicted octanol–water partition coefficient (Wildman–Crippen LogP) is 1.94. The first-order chi connectivity index (χ1) is 8.65. The summed E-state index contributed by atoms with van der Waals surface area (Å²) in [6, 6.07) is -2.61. The molecule has 0 rings (SSSR count). The van der Waals surface area contributed by atoms with Crippen molar-refractivity contribution in [1.29, 1.82) is 0 Å². The van der Waals surface area contributed by atoms with Crippen LogP contribution in [-0.2, 0) is 28.9 Å². The summed E-state index contributed by atoms with van der Waals surface area (Å²) >= 11 is -1.45. The maximum Gasteiger partial charge on any atom is 1.00 e. The summed E-state index contributed by atoms with van der Waals surface area (Å²) in [5, 5.41) is 0. The standard InChI is InChI=1S/C4H2F7O6S3/c5-1-19(12,13)2(18-17-16-3(6,7)8)20(14,15)4(9,10)11/h1H2/q-1/p+1. The molecular formula is C4H3F7O6S3. The van der Waals surface area contributed by atoms with Crippen LogP contribution < -0.4 is 0 Å². The molecule has 0 aromatic rings. The molecule has 0 aliphatic carbocycles. The molecule has 0 bridgehead atoms. The van der Waals surface area contributed by atoms with Crippen molar-refractivity contribution in [2.45, 2.75) is 11.9 Å². The van der Waals surface area contributed by atoms with Crippen LogP contribution in [0.2, 0.25) is 0 Å². The summed E-state index contributed by atoms with van der Waals surface area (Å²) in [5.41, 5.74) is -6.20. The Labute approximate surface area is 112 Å². The molecule has 6 nitrogen and oxygen atoms in total. The quantitative estimate of drug-likeness (QED) is 0.230. The Morgan fingerprint density at radius 1 is 1.05 bits per heavy atom. The highest BCUT2D eigenvalue weighted by Crippen LogP contribution is 2.42. The fraction of sp³-hybridized carbons (Fsp3) is 0.750. The van der Waals surface area contributed by atoms with Crippen molar-refractivity contribution in [1.82, 2.24) is 0 Å². The summed E-state index contributed by atoms with van der Waals surface area (Å²) in [5.74, 6) is 0. The molecule has 0 N–H and O–H groups in total. The molecule has 0 amide bonds. The smallest absolute Gasteiger partial charge is 0.258 e. The van der Waals surface area contributed by atoms with Gasteiger partial charge in [-0.05, 0) is 0 Å². The minimum absolute atomic E-state index is 0. The zero-order chi connectivity index (χ0) is 16.4. The van der Waals surface area contributed by atoms with E-state index in [2.05, 4.69) is 9.22 Å². The van der Waals surface area contributed by atoms with Gasteiger partial charge in [-0.25, -0.2) is 4.39 Å². The van der Waals surface area contributed by atoms with E-state index in [0.717, 1.165) is 0 Å². The Balaban J connectivity index is 0. The molecule has 0 aromatic heterocycles. The van der Waals surface area contributed by atoms with Gasteiger partial charge >= 0.3 is 13.3 Å². The van der Waals surface area contributed by atoms with Gasteiger partial charge in [-0.3, -0.25) is 16.8 Å². The fourth-order valence-corrected chi connectivity index (χ4v) is 4.04. The van der Waals surface area contributed by atoms with Gasteiger partial charge in [0.25, 0.3) is 0 Å². The average molecular weight is 376 g/mol. The number of rotatable bonds is 6. The first-order valence-corrected chi connectivity index (χ1v) is 7.59. The van der Waals surface area contributed by atoms with Gasteiger partial charge in [0.05, 0.1) is 9.84 Å². The largest absolute Gasteiger partial charge is 1.00 e. The summed E-state index contributed by atoms with van der Waals surface area (Å²) in [6.07, 6.45) is -5.56. The molecule has 0 spiro atoms. The Kier molecular flexibility index (Phi) is 6.10. The second kappa shape index (κ2) is 6.20. The number of hydrogen-bond donors (Lipinski definition) is 0. The van der Waals surface area contributed by atoms with E-state index in [9.17, 15) is 47.6 Å². The molecule has 0 unspecified atom stereocenters. The van der Waals surface area contributed by atoms with Crippen molar-refractivity contribution in [2.24, 2.45) is 0 Å². The third kappa shape index (κ3) is 5.23. The van der Waals surface area contributed by atoms with Gasteiger partial charge in [-0.2, -0.15) is 17.5 Å². The number of alkyl halides is 7. The normalized spacial score (nSPS) is 14.8. The molecule has 0 fully saturated rings. The SMILES string of the molecule is O=S(=O)(CF)[C-](SOOC(F)(F)F)S(=O)(=O)C(F)(F)F.[H+]. The van der Waals surface area contributed by atoms with Crippen LogP contribution in [0.5, 0.6) is 0 Å². The van der Waals surface area contributed by atoms with Gasteiger partial charge in [0.15, 0.2) is 6.01 Å². The molecule has 0 aromatic carbocycles. The molecule has 0 saturated carbocycles. The highest BCUT2D eigenvalue weighted by atomic mass is 32.3. The third-order valence-electron chi connectivity index (χ3n) is 1.15. The van der Waals surface area contributed by atoms with Crippen molar-refractivity contribution in [3.8, 4) is 0 Å². The maximum atomic E-state index is 12.1. The van der Waals surface area contributed by atoms with Crippen LogP contribution in [0.15, 0.2) is 0 Å². The van der Waals surface area contributed by atoms with E-state index in [1.807, 2.05) is 0 Å². The van der Waals surface area contributed by atoms with Crippen LogP contribution in [0, 0.1) is 3.91 Å². The van der Waals surface area contributed by atoms with Crippen LogP contribution in [0.25, 0.3) is 0 Å². The highest BCUT2D eigenvalue weighted by molar-refractivity contribution is 8.30. The zero-order valence-electron chi connectivity index (χ0n) is 9.53. The van der Waals surface area contributed by atoms with Crippen LogP contribution in [0.3, 0.4) is 0 Å². The minimum Gasteiger partial charge on any atom is -0.258 e. The minimum atomic E-state index is -6.65. The second-order valence-electron chi connectivity index (χ2n) is 2.60. The molecule has 20 heavy (non-hydrogen) atoms. The van der Waals surface area contributed by atoms with E-state index >= 15 is 0 Å². The second-order valence-corrected chi connectivity index (χ2v) is 7.82. The molecule has 0 aliphatic heterocycles. The lowest BCUT2D eigenvalue weighted by molar-refractivity contribution is -0.440. The lowest BCUT2D eigenvalue weighted by Crippen LogP contribution is -2.33. The predicted molar refractivity (Wildman–Crippen MR) is 50.0 cm³/mol. The van der Waals surface area contributed by atoms with E-state index in [0.29, 0.717) is 0 Å². The molecule has 0 aliphatic rings.